The summed E-state index contributed by atoms with van der Waals surface area (Å²) in [7, 11) is -12.1. The van der Waals surface area contributed by atoms with Crippen LogP contribution in [0, 0.1) is 0 Å². The largest absolute Gasteiger partial charge is 0.353 e. The van der Waals surface area contributed by atoms with Crippen LogP contribution < -0.4 is 15.5 Å². The molecule has 1 aromatic heterocycles. The number of benzene rings is 1. The van der Waals surface area contributed by atoms with Gasteiger partial charge < -0.3 is 15.5 Å². The highest BCUT2D eigenvalue weighted by Gasteiger charge is 2.35. The van der Waals surface area contributed by atoms with E-state index in [1.807, 2.05) is 0 Å². The fourth-order valence-electron chi connectivity index (χ4n) is 3.62. The maximum Gasteiger partial charge on any atom is 0.294 e. The molecule has 1 aliphatic rings. The van der Waals surface area contributed by atoms with Crippen molar-refractivity contribution in [2.45, 2.75) is 30.8 Å². The number of aromatic nitrogens is 3. The van der Waals surface area contributed by atoms with Gasteiger partial charge in [0.15, 0.2) is 0 Å². The molecule has 18 heteroatoms. The summed E-state index contributed by atoms with van der Waals surface area (Å²) in [4.78, 5) is 14.3. The van der Waals surface area contributed by atoms with E-state index in [2.05, 4.69) is 25.6 Å². The maximum absolute atomic E-state index is 12.1. The van der Waals surface area contributed by atoms with Gasteiger partial charge in [-0.25, -0.2) is 8.42 Å². The van der Waals surface area contributed by atoms with Crippen LogP contribution in [0.15, 0.2) is 29.2 Å². The molecule has 2 aromatic rings. The van der Waals surface area contributed by atoms with E-state index in [1.165, 1.54) is 28.6 Å². The SMILES string of the molecule is CC1CN(S(C)(=O)=O)C(C)CN1c1nc(NCCS(=O)(=O)O)nc(Nc2cccc(S(=O)(=O)O)c2)n1. The van der Waals surface area contributed by atoms with E-state index in [0.29, 0.717) is 0 Å². The molecular weight excluding hydrogens is 538 g/mol. The van der Waals surface area contributed by atoms with Crippen molar-refractivity contribution in [3.8, 4) is 0 Å². The molecule has 2 atom stereocenters. The maximum atomic E-state index is 12.1. The summed E-state index contributed by atoms with van der Waals surface area (Å²) >= 11 is 0. The van der Waals surface area contributed by atoms with Crippen molar-refractivity contribution in [3.05, 3.63) is 24.3 Å². The molecule has 0 bridgehead atoms. The van der Waals surface area contributed by atoms with Crippen LogP contribution >= 0.6 is 0 Å². The molecule has 1 aromatic carbocycles. The first-order chi connectivity index (χ1) is 16.5. The van der Waals surface area contributed by atoms with Crippen LogP contribution in [-0.2, 0) is 30.3 Å². The highest BCUT2D eigenvalue weighted by Crippen LogP contribution is 2.25. The predicted molar refractivity (Wildman–Crippen MR) is 132 cm³/mol. The number of hydrogen-bond acceptors (Lipinski definition) is 12. The Labute approximate surface area is 209 Å². The lowest BCUT2D eigenvalue weighted by Crippen LogP contribution is -2.58. The second-order valence-corrected chi connectivity index (χ2v) is 13.2. The molecule has 1 aliphatic heterocycles. The van der Waals surface area contributed by atoms with E-state index < -0.39 is 42.1 Å². The summed E-state index contributed by atoms with van der Waals surface area (Å²) in [5.74, 6) is -0.525. The van der Waals surface area contributed by atoms with Gasteiger partial charge in [0.2, 0.25) is 27.9 Å². The second kappa shape index (κ2) is 10.4. The van der Waals surface area contributed by atoms with Gasteiger partial charge in [0, 0.05) is 37.4 Å². The Hall–Kier alpha value is -2.64. The van der Waals surface area contributed by atoms with Crippen LogP contribution in [0.25, 0.3) is 0 Å². The van der Waals surface area contributed by atoms with Gasteiger partial charge in [0.25, 0.3) is 20.2 Å². The highest BCUT2D eigenvalue weighted by molar-refractivity contribution is 7.88. The van der Waals surface area contributed by atoms with Crippen molar-refractivity contribution < 1.29 is 34.4 Å². The summed E-state index contributed by atoms with van der Waals surface area (Å²) in [6.45, 7) is 3.75. The van der Waals surface area contributed by atoms with Crippen LogP contribution in [0.4, 0.5) is 23.5 Å². The zero-order valence-electron chi connectivity index (χ0n) is 19.6. The monoisotopic (exact) mass is 565 g/mol. The number of anilines is 4. The van der Waals surface area contributed by atoms with Crippen molar-refractivity contribution in [2.75, 3.05) is 47.2 Å². The van der Waals surface area contributed by atoms with E-state index in [0.717, 1.165) is 6.26 Å². The van der Waals surface area contributed by atoms with Crippen molar-refractivity contribution in [2.24, 2.45) is 0 Å². The number of piperazine rings is 1. The Morgan fingerprint density at radius 3 is 2.25 bits per heavy atom. The molecule has 0 saturated carbocycles. The molecule has 0 amide bonds. The van der Waals surface area contributed by atoms with Gasteiger partial charge in [-0.05, 0) is 32.0 Å². The zero-order valence-corrected chi connectivity index (χ0v) is 22.0. The Bertz CT molecular complexity index is 1430. The van der Waals surface area contributed by atoms with Crippen molar-refractivity contribution in [1.82, 2.24) is 19.3 Å². The minimum Gasteiger partial charge on any atom is -0.353 e. The number of nitrogens with zero attached hydrogens (tertiary/aromatic N) is 5. The molecule has 4 N–H and O–H groups in total. The molecule has 1 fully saturated rings. The molecule has 0 aliphatic carbocycles. The number of nitrogens with one attached hydrogen (secondary N) is 2. The molecule has 2 unspecified atom stereocenters. The average molecular weight is 566 g/mol. The standard InChI is InChI=1S/C18H27N7O8S3/c1-12-11-25(34(3,26)27)13(2)10-24(12)18-22-16(19-7-8-35(28,29)30)21-17(23-18)20-14-5-4-6-15(9-14)36(31,32)33/h4-6,9,12-13H,7-8,10-11H2,1-3H3,(H,28,29,30)(H,31,32,33)(H2,19,20,21,22,23). The van der Waals surface area contributed by atoms with Gasteiger partial charge in [-0.1, -0.05) is 6.07 Å². The normalized spacial score (nSPS) is 19.8. The number of hydrogen-bond donors (Lipinski definition) is 4. The lowest BCUT2D eigenvalue weighted by molar-refractivity contribution is 0.273. The predicted octanol–water partition coefficient (Wildman–Crippen LogP) is 0.0202. The van der Waals surface area contributed by atoms with Gasteiger partial charge in [-0.2, -0.15) is 36.1 Å². The first-order valence-corrected chi connectivity index (χ1v) is 15.5. The minimum absolute atomic E-state index is 0.0350. The highest BCUT2D eigenvalue weighted by atomic mass is 32.2. The topological polar surface area (TPSA) is 212 Å². The Kier molecular flexibility index (Phi) is 8.06. The molecule has 200 valence electrons. The molecule has 15 nitrogen and oxygen atoms in total. The van der Waals surface area contributed by atoms with Crippen molar-refractivity contribution in [1.29, 1.82) is 0 Å². The minimum atomic E-state index is -4.46. The van der Waals surface area contributed by atoms with E-state index in [-0.39, 0.29) is 54.1 Å². The lowest BCUT2D eigenvalue weighted by Gasteiger charge is -2.42. The Balaban J connectivity index is 1.95. The van der Waals surface area contributed by atoms with Crippen LogP contribution in [0.3, 0.4) is 0 Å². The van der Waals surface area contributed by atoms with E-state index in [1.54, 1.807) is 18.7 Å². The second-order valence-electron chi connectivity index (χ2n) is 8.31. The third-order valence-corrected chi connectivity index (χ3v) is 8.20. The summed E-state index contributed by atoms with van der Waals surface area (Å²) in [6, 6.07) is 4.55. The number of sulfonamides is 1. The average Bonchev–Trinajstić information content (AvgIpc) is 2.73. The molecular formula is C18H27N7O8S3. The molecule has 3 rings (SSSR count). The first kappa shape index (κ1) is 27.9. The summed E-state index contributed by atoms with van der Waals surface area (Å²) in [5, 5.41) is 5.52. The van der Waals surface area contributed by atoms with Crippen molar-refractivity contribution in [3.63, 3.8) is 0 Å². The van der Waals surface area contributed by atoms with Crippen LogP contribution in [0.2, 0.25) is 0 Å². The van der Waals surface area contributed by atoms with Crippen LogP contribution in [0.5, 0.6) is 0 Å². The van der Waals surface area contributed by atoms with Gasteiger partial charge >= 0.3 is 0 Å². The fraction of sp³-hybridized carbons (Fsp3) is 0.500. The van der Waals surface area contributed by atoms with Crippen molar-refractivity contribution >= 4 is 53.8 Å². The Morgan fingerprint density at radius 1 is 0.972 bits per heavy atom. The van der Waals surface area contributed by atoms with E-state index in [4.69, 9.17) is 4.55 Å². The van der Waals surface area contributed by atoms with Gasteiger partial charge in [0.05, 0.1) is 16.9 Å². The first-order valence-electron chi connectivity index (χ1n) is 10.6. The van der Waals surface area contributed by atoms with Gasteiger partial charge in [-0.15, -0.1) is 0 Å². The van der Waals surface area contributed by atoms with Gasteiger partial charge in [0.1, 0.15) is 0 Å². The summed E-state index contributed by atoms with van der Waals surface area (Å²) in [5.41, 5.74) is 0.231. The summed E-state index contributed by atoms with van der Waals surface area (Å²) in [6.07, 6.45) is 1.13. The Morgan fingerprint density at radius 2 is 1.64 bits per heavy atom. The molecule has 36 heavy (non-hydrogen) atoms. The molecule has 2 heterocycles. The zero-order chi connectivity index (χ0) is 26.9. The number of rotatable bonds is 9. The smallest absolute Gasteiger partial charge is 0.294 e. The molecule has 0 radical (unpaired) electrons. The molecule has 0 spiro atoms. The fourth-order valence-corrected chi connectivity index (χ4v) is 5.71. The lowest BCUT2D eigenvalue weighted by atomic mass is 10.1. The van der Waals surface area contributed by atoms with E-state index >= 15 is 0 Å². The molecule has 1 saturated heterocycles. The third kappa shape index (κ3) is 7.43. The van der Waals surface area contributed by atoms with Gasteiger partial charge in [-0.3, -0.25) is 9.11 Å². The van der Waals surface area contributed by atoms with Crippen LogP contribution in [0.1, 0.15) is 13.8 Å². The summed E-state index contributed by atoms with van der Waals surface area (Å²) < 4.78 is 89.0. The third-order valence-electron chi connectivity index (χ3n) is 5.27. The quantitative estimate of drug-likeness (QED) is 0.295. The van der Waals surface area contributed by atoms with E-state index in [9.17, 15) is 29.8 Å². The van der Waals surface area contributed by atoms with Crippen LogP contribution in [-0.4, -0.2) is 97.3 Å².